The molecule has 0 amide bonds. The van der Waals surface area contributed by atoms with Gasteiger partial charge in [-0.3, -0.25) is 0 Å². The first-order chi connectivity index (χ1) is 11.6. The molecule has 0 radical (unpaired) electrons. The normalized spacial score (nSPS) is 11.2. The molecule has 1 aromatic carbocycles. The quantitative estimate of drug-likeness (QED) is 0.599. The van der Waals surface area contributed by atoms with Crippen molar-refractivity contribution in [3.05, 3.63) is 35.2 Å². The van der Waals surface area contributed by atoms with E-state index in [1.165, 1.54) is 23.1 Å². The summed E-state index contributed by atoms with van der Waals surface area (Å²) in [5, 5.41) is 17.0. The van der Waals surface area contributed by atoms with Gasteiger partial charge in [-0.05, 0) is 18.1 Å². The number of hydrogen-bond donors (Lipinski definition) is 1. The van der Waals surface area contributed by atoms with Crippen molar-refractivity contribution < 1.29 is 4.52 Å². The third-order valence-electron chi connectivity index (χ3n) is 2.94. The minimum atomic E-state index is 0.532. The number of aromatic nitrogens is 4. The Kier molecular flexibility index (Phi) is 5.70. The highest BCUT2D eigenvalue weighted by Crippen LogP contribution is 2.28. The van der Waals surface area contributed by atoms with E-state index in [9.17, 15) is 0 Å². The molecule has 0 saturated carbocycles. The lowest BCUT2D eigenvalue weighted by Crippen LogP contribution is -2.07. The Balaban J connectivity index is 1.58. The molecule has 0 bridgehead atoms. The van der Waals surface area contributed by atoms with Gasteiger partial charge in [0.05, 0.1) is 5.75 Å². The van der Waals surface area contributed by atoms with Gasteiger partial charge in [0.2, 0.25) is 16.8 Å². The summed E-state index contributed by atoms with van der Waals surface area (Å²) in [4.78, 5) is 4.39. The van der Waals surface area contributed by atoms with Crippen molar-refractivity contribution in [2.45, 2.75) is 23.9 Å². The second-order valence-electron chi connectivity index (χ2n) is 5.46. The molecule has 1 N–H and O–H groups in total. The number of rotatable bonds is 7. The maximum atomic E-state index is 5.98. The number of nitrogens with one attached hydrogen (secondary N) is 1. The van der Waals surface area contributed by atoms with Crippen LogP contribution in [0.4, 0.5) is 5.13 Å². The van der Waals surface area contributed by atoms with Gasteiger partial charge in [-0.2, -0.15) is 4.98 Å². The first-order valence-electron chi connectivity index (χ1n) is 7.39. The van der Waals surface area contributed by atoms with E-state index in [2.05, 4.69) is 39.5 Å². The monoisotopic (exact) mass is 381 g/mol. The maximum Gasteiger partial charge on any atom is 0.237 e. The summed E-state index contributed by atoms with van der Waals surface area (Å²) in [6, 6.07) is 7.36. The summed E-state index contributed by atoms with van der Waals surface area (Å²) in [6.45, 7) is 5.18. The Hall–Kier alpha value is -1.64. The van der Waals surface area contributed by atoms with Crippen molar-refractivity contribution in [3.63, 3.8) is 0 Å². The van der Waals surface area contributed by atoms with Crippen molar-refractivity contribution in [2.24, 2.45) is 5.92 Å². The molecule has 0 aliphatic rings. The van der Waals surface area contributed by atoms with Gasteiger partial charge < -0.3 is 9.84 Å². The second-order valence-corrected chi connectivity index (χ2v) is 8.10. The van der Waals surface area contributed by atoms with Crippen LogP contribution in [0, 0.1) is 5.92 Å². The largest absolute Gasteiger partial charge is 0.360 e. The fourth-order valence-corrected chi connectivity index (χ4v) is 3.60. The van der Waals surface area contributed by atoms with Crippen molar-refractivity contribution in [1.82, 2.24) is 20.3 Å². The zero-order valence-electron chi connectivity index (χ0n) is 13.2. The molecule has 0 saturated heterocycles. The topological polar surface area (TPSA) is 76.7 Å². The minimum absolute atomic E-state index is 0.532. The summed E-state index contributed by atoms with van der Waals surface area (Å²) < 4.78 is 6.15. The average Bonchev–Trinajstić information content (AvgIpc) is 3.20. The Bertz CT molecular complexity index is 805. The summed E-state index contributed by atoms with van der Waals surface area (Å²) in [7, 11) is 0. The standard InChI is InChI=1S/C15H16ClN5OS2/c1-9(2)7-17-14-19-20-15(24-14)23-8-12-18-13(21-22-12)10-4-3-5-11(16)6-10/h3-6,9H,7-8H2,1-2H3,(H,17,19). The van der Waals surface area contributed by atoms with Crippen LogP contribution in [0.15, 0.2) is 33.1 Å². The molecule has 0 unspecified atom stereocenters. The molecular weight excluding hydrogens is 366 g/mol. The summed E-state index contributed by atoms with van der Waals surface area (Å²) in [6.07, 6.45) is 0. The van der Waals surface area contributed by atoms with Crippen LogP contribution in [0.5, 0.6) is 0 Å². The van der Waals surface area contributed by atoms with Gasteiger partial charge in [0.15, 0.2) is 4.34 Å². The molecule has 2 heterocycles. The number of halogens is 1. The van der Waals surface area contributed by atoms with E-state index in [4.69, 9.17) is 16.1 Å². The van der Waals surface area contributed by atoms with Crippen LogP contribution in [-0.4, -0.2) is 26.9 Å². The van der Waals surface area contributed by atoms with Crippen LogP contribution in [0.1, 0.15) is 19.7 Å². The minimum Gasteiger partial charge on any atom is -0.360 e. The van der Waals surface area contributed by atoms with Gasteiger partial charge in [-0.1, -0.05) is 65.8 Å². The van der Waals surface area contributed by atoms with Gasteiger partial charge in [0.1, 0.15) is 0 Å². The summed E-state index contributed by atoms with van der Waals surface area (Å²) in [5.74, 6) is 2.19. The molecule has 3 rings (SSSR count). The molecule has 0 spiro atoms. The van der Waals surface area contributed by atoms with E-state index in [1.807, 2.05) is 18.2 Å². The predicted molar refractivity (Wildman–Crippen MR) is 97.5 cm³/mol. The Morgan fingerprint density at radius 1 is 1.33 bits per heavy atom. The highest BCUT2D eigenvalue weighted by atomic mass is 35.5. The number of benzene rings is 1. The molecule has 9 heteroatoms. The van der Waals surface area contributed by atoms with Crippen molar-refractivity contribution in [2.75, 3.05) is 11.9 Å². The van der Waals surface area contributed by atoms with Gasteiger partial charge in [0.25, 0.3) is 0 Å². The fourth-order valence-electron chi connectivity index (χ4n) is 1.81. The van der Waals surface area contributed by atoms with E-state index in [0.29, 0.717) is 28.4 Å². The molecule has 0 aliphatic carbocycles. The maximum absolute atomic E-state index is 5.98. The SMILES string of the molecule is CC(C)CNc1nnc(SCc2nc(-c3cccc(Cl)c3)no2)s1. The number of nitrogens with zero attached hydrogens (tertiary/aromatic N) is 4. The predicted octanol–water partition coefficient (Wildman–Crippen LogP) is 4.60. The van der Waals surface area contributed by atoms with E-state index in [0.717, 1.165) is 21.6 Å². The summed E-state index contributed by atoms with van der Waals surface area (Å²) >= 11 is 9.02. The lowest BCUT2D eigenvalue weighted by molar-refractivity contribution is 0.391. The smallest absolute Gasteiger partial charge is 0.237 e. The van der Waals surface area contributed by atoms with Gasteiger partial charge in [-0.25, -0.2) is 0 Å². The van der Waals surface area contributed by atoms with Crippen molar-refractivity contribution in [3.8, 4) is 11.4 Å². The molecular formula is C15H16ClN5OS2. The average molecular weight is 382 g/mol. The van der Waals surface area contributed by atoms with E-state index >= 15 is 0 Å². The van der Waals surface area contributed by atoms with E-state index in [-0.39, 0.29) is 0 Å². The second kappa shape index (κ2) is 7.96. The van der Waals surface area contributed by atoms with Crippen LogP contribution in [0.25, 0.3) is 11.4 Å². The molecule has 126 valence electrons. The molecule has 3 aromatic rings. The van der Waals surface area contributed by atoms with Crippen LogP contribution in [0.3, 0.4) is 0 Å². The van der Waals surface area contributed by atoms with Gasteiger partial charge in [-0.15, -0.1) is 10.2 Å². The lowest BCUT2D eigenvalue weighted by atomic mass is 10.2. The third kappa shape index (κ3) is 4.68. The van der Waals surface area contributed by atoms with Crippen molar-refractivity contribution in [1.29, 1.82) is 0 Å². The van der Waals surface area contributed by atoms with E-state index in [1.54, 1.807) is 6.07 Å². The molecule has 0 atom stereocenters. The Labute approximate surface area is 153 Å². The molecule has 6 nitrogen and oxygen atoms in total. The Morgan fingerprint density at radius 3 is 3.00 bits per heavy atom. The summed E-state index contributed by atoms with van der Waals surface area (Å²) in [5.41, 5.74) is 0.832. The van der Waals surface area contributed by atoms with Crippen LogP contribution in [0.2, 0.25) is 5.02 Å². The van der Waals surface area contributed by atoms with Gasteiger partial charge in [0, 0.05) is 17.1 Å². The van der Waals surface area contributed by atoms with Crippen LogP contribution >= 0.6 is 34.7 Å². The molecule has 24 heavy (non-hydrogen) atoms. The molecule has 2 aromatic heterocycles. The first kappa shape index (κ1) is 17.2. The first-order valence-corrected chi connectivity index (χ1v) is 9.57. The van der Waals surface area contributed by atoms with Gasteiger partial charge >= 0.3 is 0 Å². The van der Waals surface area contributed by atoms with Crippen molar-refractivity contribution >= 4 is 39.8 Å². The highest BCUT2D eigenvalue weighted by molar-refractivity contribution is 8.00. The van der Waals surface area contributed by atoms with Crippen LogP contribution in [-0.2, 0) is 5.75 Å². The Morgan fingerprint density at radius 2 is 2.21 bits per heavy atom. The lowest BCUT2D eigenvalue weighted by Gasteiger charge is -2.03. The molecule has 0 fully saturated rings. The zero-order chi connectivity index (χ0) is 16.9. The zero-order valence-corrected chi connectivity index (χ0v) is 15.6. The number of hydrogen-bond acceptors (Lipinski definition) is 8. The third-order valence-corrected chi connectivity index (χ3v) is 5.17. The fraction of sp³-hybridized carbons (Fsp3) is 0.333. The number of thioether (sulfide) groups is 1. The highest BCUT2D eigenvalue weighted by Gasteiger charge is 2.11. The van der Waals surface area contributed by atoms with Crippen LogP contribution < -0.4 is 5.32 Å². The van der Waals surface area contributed by atoms with E-state index < -0.39 is 0 Å². The molecule has 0 aliphatic heterocycles. The number of anilines is 1.